The molecular formula is C23H17F2N3O2. The van der Waals surface area contributed by atoms with Crippen LogP contribution in [0.4, 0.5) is 14.5 Å². The lowest BCUT2D eigenvalue weighted by atomic mass is 10.0. The molecule has 1 aromatic heterocycles. The summed E-state index contributed by atoms with van der Waals surface area (Å²) >= 11 is 0. The topological polar surface area (TPSA) is 62.3 Å². The summed E-state index contributed by atoms with van der Waals surface area (Å²) in [6.45, 7) is 1.96. The minimum absolute atomic E-state index is 0.0127. The SMILES string of the molecule is Cc1ccc(C2=C(Nc3ccc(F)c(F)c3)C(=O)N(Cc3cccnc3)C2=O)cc1. The van der Waals surface area contributed by atoms with Crippen LogP contribution < -0.4 is 5.32 Å². The zero-order valence-electron chi connectivity index (χ0n) is 16.0. The minimum atomic E-state index is -1.05. The second-order valence-electron chi connectivity index (χ2n) is 6.93. The predicted molar refractivity (Wildman–Crippen MR) is 108 cm³/mol. The van der Waals surface area contributed by atoms with Crippen molar-refractivity contribution in [2.45, 2.75) is 13.5 Å². The summed E-state index contributed by atoms with van der Waals surface area (Å²) in [5.74, 6) is -3.08. The molecule has 5 nitrogen and oxygen atoms in total. The number of nitrogens with zero attached hydrogens (tertiary/aromatic N) is 2. The molecule has 1 N–H and O–H groups in total. The fourth-order valence-electron chi connectivity index (χ4n) is 3.22. The number of aromatic nitrogens is 1. The number of halogens is 2. The third-order valence-corrected chi connectivity index (χ3v) is 4.76. The highest BCUT2D eigenvalue weighted by molar-refractivity contribution is 6.36. The van der Waals surface area contributed by atoms with E-state index in [2.05, 4.69) is 10.3 Å². The van der Waals surface area contributed by atoms with Gasteiger partial charge in [0.15, 0.2) is 11.6 Å². The van der Waals surface area contributed by atoms with Gasteiger partial charge in [0.2, 0.25) is 0 Å². The number of nitrogens with one attached hydrogen (secondary N) is 1. The van der Waals surface area contributed by atoms with Crippen molar-refractivity contribution in [3.63, 3.8) is 0 Å². The van der Waals surface area contributed by atoms with Crippen LogP contribution in [0.2, 0.25) is 0 Å². The normalized spacial score (nSPS) is 13.9. The highest BCUT2D eigenvalue weighted by Gasteiger charge is 2.39. The Balaban J connectivity index is 1.75. The summed E-state index contributed by atoms with van der Waals surface area (Å²) in [4.78, 5) is 31.4. The molecule has 0 atom stereocenters. The summed E-state index contributed by atoms with van der Waals surface area (Å²) in [7, 11) is 0. The molecule has 1 aliphatic heterocycles. The zero-order chi connectivity index (χ0) is 21.3. The van der Waals surface area contributed by atoms with Crippen LogP contribution in [-0.2, 0) is 16.1 Å². The molecule has 7 heteroatoms. The van der Waals surface area contributed by atoms with Crippen molar-refractivity contribution in [1.82, 2.24) is 9.88 Å². The molecule has 0 bridgehead atoms. The van der Waals surface area contributed by atoms with Gasteiger partial charge in [-0.15, -0.1) is 0 Å². The number of aryl methyl sites for hydroxylation is 1. The lowest BCUT2D eigenvalue weighted by molar-refractivity contribution is -0.137. The minimum Gasteiger partial charge on any atom is -0.350 e. The first-order chi connectivity index (χ1) is 14.4. The van der Waals surface area contributed by atoms with E-state index >= 15 is 0 Å². The number of pyridine rings is 1. The molecule has 0 saturated heterocycles. The van der Waals surface area contributed by atoms with Crippen LogP contribution in [0.25, 0.3) is 5.57 Å². The van der Waals surface area contributed by atoms with Gasteiger partial charge in [0.05, 0.1) is 12.1 Å². The fraction of sp³-hybridized carbons (Fsp3) is 0.0870. The number of imide groups is 1. The van der Waals surface area contributed by atoms with E-state index in [0.717, 1.165) is 22.6 Å². The largest absolute Gasteiger partial charge is 0.350 e. The molecule has 0 radical (unpaired) electrons. The smallest absolute Gasteiger partial charge is 0.278 e. The van der Waals surface area contributed by atoms with E-state index in [1.54, 1.807) is 36.7 Å². The van der Waals surface area contributed by atoms with E-state index in [0.29, 0.717) is 11.1 Å². The van der Waals surface area contributed by atoms with Gasteiger partial charge in [0.1, 0.15) is 5.70 Å². The van der Waals surface area contributed by atoms with E-state index in [1.165, 1.54) is 6.07 Å². The van der Waals surface area contributed by atoms with Gasteiger partial charge in [0, 0.05) is 24.1 Å². The molecule has 2 heterocycles. The van der Waals surface area contributed by atoms with Crippen molar-refractivity contribution < 1.29 is 18.4 Å². The zero-order valence-corrected chi connectivity index (χ0v) is 16.0. The molecule has 0 fully saturated rings. The Morgan fingerprint density at radius 1 is 0.967 bits per heavy atom. The number of carbonyl (C=O) groups is 2. The van der Waals surface area contributed by atoms with Crippen LogP contribution in [0.1, 0.15) is 16.7 Å². The quantitative estimate of drug-likeness (QED) is 0.651. The Bertz CT molecular complexity index is 1160. The lowest BCUT2D eigenvalue weighted by Crippen LogP contribution is -2.32. The van der Waals surface area contributed by atoms with Gasteiger partial charge in [0.25, 0.3) is 11.8 Å². The average molecular weight is 405 g/mol. The van der Waals surface area contributed by atoms with Gasteiger partial charge < -0.3 is 5.32 Å². The van der Waals surface area contributed by atoms with Crippen LogP contribution in [0.5, 0.6) is 0 Å². The molecule has 0 spiro atoms. The molecule has 0 aliphatic carbocycles. The molecule has 4 rings (SSSR count). The maximum absolute atomic E-state index is 13.7. The summed E-state index contributed by atoms with van der Waals surface area (Å²) in [5.41, 5.74) is 2.60. The lowest BCUT2D eigenvalue weighted by Gasteiger charge is -2.15. The number of hydrogen-bond donors (Lipinski definition) is 1. The number of hydrogen-bond acceptors (Lipinski definition) is 4. The molecule has 0 saturated carbocycles. The summed E-state index contributed by atoms with van der Waals surface area (Å²) in [5, 5.41) is 2.81. The van der Waals surface area contributed by atoms with Crippen molar-refractivity contribution >= 4 is 23.1 Å². The average Bonchev–Trinajstić information content (AvgIpc) is 2.96. The van der Waals surface area contributed by atoms with Crippen LogP contribution in [0, 0.1) is 18.6 Å². The maximum atomic E-state index is 13.7. The summed E-state index contributed by atoms with van der Waals surface area (Å²) in [6, 6.07) is 13.8. The number of carbonyl (C=O) groups excluding carboxylic acids is 2. The molecule has 1 aliphatic rings. The molecule has 3 aromatic rings. The van der Waals surface area contributed by atoms with Gasteiger partial charge in [-0.3, -0.25) is 19.5 Å². The molecule has 2 aromatic carbocycles. The van der Waals surface area contributed by atoms with Gasteiger partial charge in [-0.05, 0) is 36.2 Å². The number of rotatable bonds is 5. The first kappa shape index (κ1) is 19.4. The monoisotopic (exact) mass is 405 g/mol. The highest BCUT2D eigenvalue weighted by atomic mass is 19.2. The number of anilines is 1. The van der Waals surface area contributed by atoms with Crippen molar-refractivity contribution in [2.75, 3.05) is 5.32 Å². The standard InChI is InChI=1S/C23H17F2N3O2/c1-14-4-6-16(7-5-14)20-21(27-17-8-9-18(24)19(25)11-17)23(30)28(22(20)29)13-15-3-2-10-26-12-15/h2-12,27H,13H2,1H3. The Labute approximate surface area is 171 Å². The summed E-state index contributed by atoms with van der Waals surface area (Å²) < 4.78 is 26.9. The number of amides is 2. The fourth-order valence-corrected chi connectivity index (χ4v) is 3.22. The van der Waals surface area contributed by atoms with Crippen LogP contribution in [-0.4, -0.2) is 21.7 Å². The van der Waals surface area contributed by atoms with Gasteiger partial charge >= 0.3 is 0 Å². The van der Waals surface area contributed by atoms with E-state index < -0.39 is 23.4 Å². The second kappa shape index (κ2) is 7.87. The third kappa shape index (κ3) is 3.69. The maximum Gasteiger partial charge on any atom is 0.278 e. The second-order valence-corrected chi connectivity index (χ2v) is 6.93. The first-order valence-corrected chi connectivity index (χ1v) is 9.22. The molecular weight excluding hydrogens is 388 g/mol. The van der Waals surface area contributed by atoms with Crippen molar-refractivity contribution in [3.05, 3.63) is 101 Å². The summed E-state index contributed by atoms with van der Waals surface area (Å²) in [6.07, 6.45) is 3.18. The van der Waals surface area contributed by atoms with E-state index in [1.807, 2.05) is 19.1 Å². The van der Waals surface area contributed by atoms with Crippen molar-refractivity contribution in [3.8, 4) is 0 Å². The van der Waals surface area contributed by atoms with Gasteiger partial charge in [-0.1, -0.05) is 35.9 Å². The first-order valence-electron chi connectivity index (χ1n) is 9.22. The highest BCUT2D eigenvalue weighted by Crippen LogP contribution is 2.32. The number of benzene rings is 2. The van der Waals surface area contributed by atoms with Crippen molar-refractivity contribution in [1.29, 1.82) is 0 Å². The molecule has 150 valence electrons. The van der Waals surface area contributed by atoms with Gasteiger partial charge in [-0.2, -0.15) is 0 Å². The molecule has 0 unspecified atom stereocenters. The Hall–Kier alpha value is -3.87. The van der Waals surface area contributed by atoms with E-state index in [9.17, 15) is 18.4 Å². The predicted octanol–water partition coefficient (Wildman–Crippen LogP) is 4.06. The van der Waals surface area contributed by atoms with E-state index in [-0.39, 0.29) is 23.5 Å². The van der Waals surface area contributed by atoms with Crippen LogP contribution in [0.15, 0.2) is 72.7 Å². The Kier molecular flexibility index (Phi) is 5.10. The molecule has 30 heavy (non-hydrogen) atoms. The molecule has 2 amide bonds. The van der Waals surface area contributed by atoms with Gasteiger partial charge in [-0.25, -0.2) is 8.78 Å². The van der Waals surface area contributed by atoms with Crippen LogP contribution >= 0.6 is 0 Å². The Morgan fingerprint density at radius 3 is 2.40 bits per heavy atom. The third-order valence-electron chi connectivity index (χ3n) is 4.76. The Morgan fingerprint density at radius 2 is 1.73 bits per heavy atom. The van der Waals surface area contributed by atoms with Crippen molar-refractivity contribution in [2.24, 2.45) is 0 Å². The van der Waals surface area contributed by atoms with Crippen LogP contribution in [0.3, 0.4) is 0 Å². The van der Waals surface area contributed by atoms with E-state index in [4.69, 9.17) is 0 Å².